The maximum atomic E-state index is 9.54. The number of aliphatic imine (C=N–C) groups is 1. The molecular weight excluding hydrogens is 426 g/mol. The Labute approximate surface area is 206 Å². The van der Waals surface area contributed by atoms with Crippen LogP contribution in [0.4, 0.5) is 11.4 Å². The molecule has 35 heavy (non-hydrogen) atoms. The summed E-state index contributed by atoms with van der Waals surface area (Å²) in [6, 6.07) is 28.1. The highest BCUT2D eigenvalue weighted by molar-refractivity contribution is 5.97. The van der Waals surface area contributed by atoms with E-state index in [1.807, 2.05) is 6.08 Å². The quantitative estimate of drug-likeness (QED) is 0.409. The number of nitriles is 1. The van der Waals surface area contributed by atoms with Gasteiger partial charge in [-0.05, 0) is 65.0 Å². The minimum absolute atomic E-state index is 0.195. The van der Waals surface area contributed by atoms with Gasteiger partial charge in [0.2, 0.25) is 0 Å². The summed E-state index contributed by atoms with van der Waals surface area (Å²) in [5.41, 5.74) is 11.6. The van der Waals surface area contributed by atoms with Crippen LogP contribution in [0.15, 0.2) is 114 Å². The molecule has 2 heterocycles. The van der Waals surface area contributed by atoms with E-state index in [9.17, 15) is 5.26 Å². The minimum atomic E-state index is -0.195. The van der Waals surface area contributed by atoms with Gasteiger partial charge >= 0.3 is 0 Å². The van der Waals surface area contributed by atoms with Crippen LogP contribution in [-0.4, -0.2) is 12.8 Å². The van der Waals surface area contributed by atoms with Gasteiger partial charge in [-0.1, -0.05) is 73.3 Å². The Morgan fingerprint density at radius 3 is 2.34 bits per heavy atom. The number of allylic oxidation sites excluding steroid dienone is 5. The van der Waals surface area contributed by atoms with E-state index in [4.69, 9.17) is 0 Å². The second kappa shape index (κ2) is 8.74. The van der Waals surface area contributed by atoms with Crippen LogP contribution in [0.1, 0.15) is 24.0 Å². The standard InChI is InChI=1S/C32H25N3/c1-22-26-8-2-5-11-30(26)35(31-12-6-3-9-27(22)31)32-13-7-4-10-29(32)24-16-14-23(15-17-24)28-18-19-34-21-25(28)20-33/h2,4-8,10-19,25H,1,3,9,21H2. The number of para-hydroxylation sites is 2. The molecule has 6 rings (SSSR count). The fourth-order valence-corrected chi connectivity index (χ4v) is 5.32. The molecule has 1 unspecified atom stereocenters. The number of anilines is 2. The monoisotopic (exact) mass is 451 g/mol. The summed E-state index contributed by atoms with van der Waals surface area (Å²) < 4.78 is 0. The predicted molar refractivity (Wildman–Crippen MR) is 145 cm³/mol. The lowest BCUT2D eigenvalue weighted by atomic mass is 9.85. The van der Waals surface area contributed by atoms with Crippen molar-refractivity contribution in [1.82, 2.24) is 0 Å². The van der Waals surface area contributed by atoms with E-state index in [-0.39, 0.29) is 5.92 Å². The van der Waals surface area contributed by atoms with Crippen LogP contribution in [0.2, 0.25) is 0 Å². The molecule has 0 bridgehead atoms. The molecule has 0 N–H and O–H groups in total. The van der Waals surface area contributed by atoms with E-state index in [2.05, 4.69) is 107 Å². The van der Waals surface area contributed by atoms with Crippen molar-refractivity contribution in [3.05, 3.63) is 120 Å². The van der Waals surface area contributed by atoms with E-state index >= 15 is 0 Å². The van der Waals surface area contributed by atoms with Gasteiger partial charge in [0.05, 0.1) is 29.9 Å². The molecule has 3 aromatic carbocycles. The molecule has 1 atom stereocenters. The summed E-state index contributed by atoms with van der Waals surface area (Å²) in [6.07, 6.45) is 10.3. The highest BCUT2D eigenvalue weighted by Gasteiger charge is 2.29. The van der Waals surface area contributed by atoms with E-state index < -0.39 is 0 Å². The molecule has 0 amide bonds. The van der Waals surface area contributed by atoms with Crippen molar-refractivity contribution in [2.75, 3.05) is 11.4 Å². The van der Waals surface area contributed by atoms with Crippen molar-refractivity contribution in [3.63, 3.8) is 0 Å². The number of benzene rings is 3. The molecular formula is C32H25N3. The zero-order valence-electron chi connectivity index (χ0n) is 19.5. The highest BCUT2D eigenvalue weighted by Crippen LogP contribution is 2.48. The summed E-state index contributed by atoms with van der Waals surface area (Å²) >= 11 is 0. The number of dihydropyridines is 1. The van der Waals surface area contributed by atoms with Gasteiger partial charge in [-0.15, -0.1) is 0 Å². The Morgan fingerprint density at radius 2 is 1.57 bits per heavy atom. The van der Waals surface area contributed by atoms with Crippen LogP contribution < -0.4 is 4.90 Å². The van der Waals surface area contributed by atoms with Crippen LogP contribution in [0.5, 0.6) is 0 Å². The van der Waals surface area contributed by atoms with Gasteiger partial charge in [-0.2, -0.15) is 5.26 Å². The topological polar surface area (TPSA) is 39.4 Å². The van der Waals surface area contributed by atoms with Gasteiger partial charge in [-0.3, -0.25) is 4.99 Å². The van der Waals surface area contributed by atoms with Crippen molar-refractivity contribution in [2.24, 2.45) is 10.9 Å². The SMILES string of the molecule is C=C1C2=C(C=CCC2)N(c2ccccc2-c2ccc(C3=CC=NCC3C#N)cc2)c2ccccc21. The lowest BCUT2D eigenvalue weighted by molar-refractivity contribution is 0.850. The molecule has 168 valence electrons. The van der Waals surface area contributed by atoms with Crippen molar-refractivity contribution in [1.29, 1.82) is 5.26 Å². The second-order valence-corrected chi connectivity index (χ2v) is 9.05. The maximum Gasteiger partial charge on any atom is 0.0914 e. The van der Waals surface area contributed by atoms with Crippen molar-refractivity contribution in [2.45, 2.75) is 12.8 Å². The fraction of sp³-hybridized carbons (Fsp3) is 0.125. The van der Waals surface area contributed by atoms with Gasteiger partial charge < -0.3 is 4.90 Å². The molecule has 0 radical (unpaired) electrons. The summed E-state index contributed by atoms with van der Waals surface area (Å²) in [5, 5.41) is 9.54. The fourth-order valence-electron chi connectivity index (χ4n) is 5.32. The molecule has 3 nitrogen and oxygen atoms in total. The Bertz CT molecular complexity index is 1490. The molecule has 2 aliphatic heterocycles. The van der Waals surface area contributed by atoms with Gasteiger partial charge in [0.15, 0.2) is 0 Å². The first-order valence-electron chi connectivity index (χ1n) is 12.0. The third kappa shape index (κ3) is 3.55. The molecule has 0 saturated carbocycles. The van der Waals surface area contributed by atoms with Crippen LogP contribution in [0.3, 0.4) is 0 Å². The molecule has 3 aromatic rings. The predicted octanol–water partition coefficient (Wildman–Crippen LogP) is 7.73. The van der Waals surface area contributed by atoms with Crippen LogP contribution in [0, 0.1) is 17.2 Å². The van der Waals surface area contributed by atoms with Crippen molar-refractivity contribution >= 4 is 28.7 Å². The molecule has 0 spiro atoms. The molecule has 0 fully saturated rings. The lowest BCUT2D eigenvalue weighted by Crippen LogP contribution is -2.24. The summed E-state index contributed by atoms with van der Waals surface area (Å²) in [4.78, 5) is 6.64. The van der Waals surface area contributed by atoms with Gasteiger partial charge in [0.25, 0.3) is 0 Å². The zero-order valence-corrected chi connectivity index (χ0v) is 19.5. The van der Waals surface area contributed by atoms with Crippen LogP contribution in [0.25, 0.3) is 22.3 Å². The van der Waals surface area contributed by atoms with Gasteiger partial charge in [-0.25, -0.2) is 0 Å². The third-order valence-electron chi connectivity index (χ3n) is 7.07. The smallest absolute Gasteiger partial charge is 0.0914 e. The van der Waals surface area contributed by atoms with Crippen molar-refractivity contribution in [3.8, 4) is 17.2 Å². The minimum Gasteiger partial charge on any atom is -0.309 e. The highest BCUT2D eigenvalue weighted by atomic mass is 15.2. The average molecular weight is 452 g/mol. The first-order chi connectivity index (χ1) is 17.3. The number of hydrogen-bond donors (Lipinski definition) is 0. The Hall–Kier alpha value is -4.42. The molecule has 0 saturated heterocycles. The largest absolute Gasteiger partial charge is 0.309 e. The Kier molecular flexibility index (Phi) is 5.28. The number of rotatable bonds is 3. The molecule has 1 aliphatic carbocycles. The number of fused-ring (bicyclic) bond motifs is 1. The number of nitrogens with zero attached hydrogens (tertiary/aromatic N) is 3. The first-order valence-corrected chi connectivity index (χ1v) is 12.0. The summed E-state index contributed by atoms with van der Waals surface area (Å²) in [5.74, 6) is -0.195. The van der Waals surface area contributed by atoms with E-state index in [1.165, 1.54) is 22.4 Å². The summed E-state index contributed by atoms with van der Waals surface area (Å²) in [7, 11) is 0. The van der Waals surface area contributed by atoms with E-state index in [0.717, 1.165) is 46.5 Å². The average Bonchev–Trinajstić information content (AvgIpc) is 2.94. The van der Waals surface area contributed by atoms with Gasteiger partial charge in [0.1, 0.15) is 0 Å². The molecule has 3 aliphatic rings. The van der Waals surface area contributed by atoms with Gasteiger partial charge in [0, 0.05) is 23.0 Å². The normalized spacial score (nSPS) is 18.6. The molecule has 3 heteroatoms. The van der Waals surface area contributed by atoms with Crippen LogP contribution >= 0.6 is 0 Å². The van der Waals surface area contributed by atoms with Crippen LogP contribution in [-0.2, 0) is 0 Å². The lowest BCUT2D eigenvalue weighted by Gasteiger charge is -2.37. The summed E-state index contributed by atoms with van der Waals surface area (Å²) in [6.45, 7) is 4.99. The zero-order chi connectivity index (χ0) is 23.8. The maximum absolute atomic E-state index is 9.54. The van der Waals surface area contributed by atoms with E-state index in [1.54, 1.807) is 6.21 Å². The second-order valence-electron chi connectivity index (χ2n) is 9.05. The Balaban J connectivity index is 1.47. The Morgan fingerprint density at radius 1 is 0.886 bits per heavy atom. The third-order valence-corrected chi connectivity index (χ3v) is 7.07. The van der Waals surface area contributed by atoms with E-state index in [0.29, 0.717) is 6.54 Å². The first kappa shape index (κ1) is 21.1. The molecule has 0 aromatic heterocycles. The number of hydrogen-bond acceptors (Lipinski definition) is 3. The van der Waals surface area contributed by atoms with Crippen molar-refractivity contribution < 1.29 is 0 Å².